The van der Waals surface area contributed by atoms with Crippen LogP contribution in [0.2, 0.25) is 0 Å². The molecule has 2 aliphatic carbocycles. The molecule has 0 spiro atoms. The van der Waals surface area contributed by atoms with E-state index in [1.165, 1.54) is 96.4 Å². The molecule has 0 radical (unpaired) electrons. The largest absolute Gasteiger partial charge is 0.313 e. The van der Waals surface area contributed by atoms with Crippen molar-refractivity contribution in [1.82, 2.24) is 5.32 Å². The molecule has 1 heteroatoms. The number of unbranched alkanes of at least 4 members (excludes halogenated alkanes) is 9. The van der Waals surface area contributed by atoms with E-state index in [0.29, 0.717) is 0 Å². The van der Waals surface area contributed by atoms with Gasteiger partial charge in [0.25, 0.3) is 0 Å². The van der Waals surface area contributed by atoms with E-state index in [4.69, 9.17) is 0 Å². The predicted octanol–water partition coefficient (Wildman–Crippen LogP) is 5.69. The maximum absolute atomic E-state index is 3.87. The zero-order valence-corrected chi connectivity index (χ0v) is 13.8. The zero-order chi connectivity index (χ0) is 14.0. The normalized spacial score (nSPS) is 18.9. The summed E-state index contributed by atoms with van der Waals surface area (Å²) in [7, 11) is 0. The summed E-state index contributed by atoms with van der Waals surface area (Å²) in [5.41, 5.74) is 0. The van der Waals surface area contributed by atoms with Gasteiger partial charge in [-0.2, -0.15) is 0 Å². The van der Waals surface area contributed by atoms with Crippen LogP contribution in [-0.4, -0.2) is 12.6 Å². The molecule has 2 aliphatic rings. The third kappa shape index (κ3) is 7.11. The van der Waals surface area contributed by atoms with E-state index in [2.05, 4.69) is 12.2 Å². The third-order valence-electron chi connectivity index (χ3n) is 5.17. The predicted molar refractivity (Wildman–Crippen MR) is 89.1 cm³/mol. The van der Waals surface area contributed by atoms with Crippen molar-refractivity contribution in [2.75, 3.05) is 6.54 Å². The molecule has 0 aromatic rings. The van der Waals surface area contributed by atoms with Crippen LogP contribution < -0.4 is 5.32 Å². The second kappa shape index (κ2) is 9.82. The topological polar surface area (TPSA) is 12.0 Å². The van der Waals surface area contributed by atoms with Crippen LogP contribution in [0.3, 0.4) is 0 Å². The molecule has 20 heavy (non-hydrogen) atoms. The third-order valence-corrected chi connectivity index (χ3v) is 5.17. The highest BCUT2D eigenvalue weighted by Crippen LogP contribution is 2.44. The fourth-order valence-corrected chi connectivity index (χ4v) is 3.51. The van der Waals surface area contributed by atoms with Gasteiger partial charge in [-0.15, -0.1) is 0 Å². The van der Waals surface area contributed by atoms with Gasteiger partial charge in [0, 0.05) is 6.04 Å². The second-order valence-electron chi connectivity index (χ2n) is 7.34. The molecule has 0 aliphatic heterocycles. The van der Waals surface area contributed by atoms with E-state index in [9.17, 15) is 0 Å². The van der Waals surface area contributed by atoms with E-state index < -0.39 is 0 Å². The van der Waals surface area contributed by atoms with Crippen LogP contribution in [0.25, 0.3) is 0 Å². The summed E-state index contributed by atoms with van der Waals surface area (Å²) in [5, 5.41) is 3.87. The maximum atomic E-state index is 3.87. The van der Waals surface area contributed by atoms with Gasteiger partial charge in [0.15, 0.2) is 0 Å². The molecule has 0 aromatic heterocycles. The molecule has 2 fully saturated rings. The molecular formula is C19H37N. The second-order valence-corrected chi connectivity index (χ2v) is 7.34. The van der Waals surface area contributed by atoms with Gasteiger partial charge in [-0.3, -0.25) is 0 Å². The highest BCUT2D eigenvalue weighted by molar-refractivity contribution is 4.96. The van der Waals surface area contributed by atoms with Crippen LogP contribution in [0, 0.1) is 11.8 Å². The van der Waals surface area contributed by atoms with Crippen LogP contribution in [0.15, 0.2) is 0 Å². The molecule has 0 unspecified atom stereocenters. The number of rotatable bonds is 14. The minimum Gasteiger partial charge on any atom is -0.313 e. The van der Waals surface area contributed by atoms with Crippen molar-refractivity contribution in [3.8, 4) is 0 Å². The van der Waals surface area contributed by atoms with Gasteiger partial charge in [0.05, 0.1) is 0 Å². The Kier molecular flexibility index (Phi) is 8.02. The molecule has 0 atom stereocenters. The minimum absolute atomic E-state index is 0.911. The maximum Gasteiger partial charge on any atom is 0.0124 e. The van der Waals surface area contributed by atoms with Crippen LogP contribution >= 0.6 is 0 Å². The van der Waals surface area contributed by atoms with Crippen LogP contribution in [0.4, 0.5) is 0 Å². The van der Waals surface area contributed by atoms with Crippen molar-refractivity contribution in [3.63, 3.8) is 0 Å². The van der Waals surface area contributed by atoms with Crippen LogP contribution in [-0.2, 0) is 0 Å². The lowest BCUT2D eigenvalue weighted by atomic mass is 10.1. The fraction of sp³-hybridized carbons (Fsp3) is 1.00. The molecule has 0 saturated heterocycles. The van der Waals surface area contributed by atoms with E-state index in [0.717, 1.165) is 17.9 Å². The van der Waals surface area contributed by atoms with Crippen molar-refractivity contribution < 1.29 is 0 Å². The molecule has 0 bridgehead atoms. The Morgan fingerprint density at radius 3 is 1.60 bits per heavy atom. The first-order valence-corrected chi connectivity index (χ1v) is 9.65. The highest BCUT2D eigenvalue weighted by atomic mass is 14.9. The number of hydrogen-bond donors (Lipinski definition) is 1. The molecule has 118 valence electrons. The standard InChI is InChI=1S/C19H37N/c1-2-3-4-5-6-7-8-9-10-11-16-20-19(17-12-13-17)18-14-15-18/h17-20H,2-16H2,1H3. The summed E-state index contributed by atoms with van der Waals surface area (Å²) in [4.78, 5) is 0. The van der Waals surface area contributed by atoms with Gasteiger partial charge in [-0.25, -0.2) is 0 Å². The van der Waals surface area contributed by atoms with E-state index in [1.807, 2.05) is 0 Å². The number of nitrogens with one attached hydrogen (secondary N) is 1. The van der Waals surface area contributed by atoms with Gasteiger partial charge in [0.2, 0.25) is 0 Å². The lowest BCUT2D eigenvalue weighted by Crippen LogP contribution is -2.33. The highest BCUT2D eigenvalue weighted by Gasteiger charge is 2.40. The van der Waals surface area contributed by atoms with Crippen molar-refractivity contribution in [2.24, 2.45) is 11.8 Å². The minimum atomic E-state index is 0.911. The molecule has 0 aromatic carbocycles. The smallest absolute Gasteiger partial charge is 0.0124 e. The Hall–Kier alpha value is -0.0400. The molecule has 2 saturated carbocycles. The van der Waals surface area contributed by atoms with Gasteiger partial charge in [0.1, 0.15) is 0 Å². The lowest BCUT2D eigenvalue weighted by Gasteiger charge is -2.17. The molecule has 1 nitrogen and oxygen atoms in total. The van der Waals surface area contributed by atoms with Gasteiger partial charge >= 0.3 is 0 Å². The van der Waals surface area contributed by atoms with Gasteiger partial charge < -0.3 is 5.32 Å². The Bertz CT molecular complexity index is 218. The van der Waals surface area contributed by atoms with Gasteiger partial charge in [-0.05, 0) is 50.5 Å². The first kappa shape index (κ1) is 16.3. The first-order valence-electron chi connectivity index (χ1n) is 9.65. The van der Waals surface area contributed by atoms with Crippen LogP contribution in [0.1, 0.15) is 96.8 Å². The van der Waals surface area contributed by atoms with Gasteiger partial charge in [-0.1, -0.05) is 64.7 Å². The summed E-state index contributed by atoms with van der Waals surface area (Å²) in [5.74, 6) is 2.12. The van der Waals surface area contributed by atoms with Crippen molar-refractivity contribution in [1.29, 1.82) is 0 Å². The summed E-state index contributed by atoms with van der Waals surface area (Å²) < 4.78 is 0. The Morgan fingerprint density at radius 2 is 1.15 bits per heavy atom. The van der Waals surface area contributed by atoms with E-state index >= 15 is 0 Å². The average Bonchev–Trinajstić information content (AvgIpc) is 3.33. The number of hydrogen-bond acceptors (Lipinski definition) is 1. The quantitative estimate of drug-likeness (QED) is 0.403. The van der Waals surface area contributed by atoms with E-state index in [-0.39, 0.29) is 0 Å². The molecule has 1 N–H and O–H groups in total. The van der Waals surface area contributed by atoms with E-state index in [1.54, 1.807) is 0 Å². The molecular weight excluding hydrogens is 242 g/mol. The Labute approximate surface area is 127 Å². The summed E-state index contributed by atoms with van der Waals surface area (Å²) >= 11 is 0. The Balaban J connectivity index is 1.31. The SMILES string of the molecule is CCCCCCCCCCCCNC(C1CC1)C1CC1. The first-order chi connectivity index (χ1) is 9.92. The monoisotopic (exact) mass is 279 g/mol. The summed E-state index contributed by atoms with van der Waals surface area (Å²) in [6.45, 7) is 3.58. The van der Waals surface area contributed by atoms with Crippen LogP contribution in [0.5, 0.6) is 0 Å². The lowest BCUT2D eigenvalue weighted by molar-refractivity contribution is 0.409. The average molecular weight is 280 g/mol. The van der Waals surface area contributed by atoms with Crippen molar-refractivity contribution >= 4 is 0 Å². The fourth-order valence-electron chi connectivity index (χ4n) is 3.51. The molecule has 0 heterocycles. The van der Waals surface area contributed by atoms with Crippen molar-refractivity contribution in [2.45, 2.75) is 103 Å². The summed E-state index contributed by atoms with van der Waals surface area (Å²) in [6, 6.07) is 0.911. The molecule has 2 rings (SSSR count). The zero-order valence-electron chi connectivity index (χ0n) is 13.8. The van der Waals surface area contributed by atoms with Crippen molar-refractivity contribution in [3.05, 3.63) is 0 Å². The molecule has 0 amide bonds. The summed E-state index contributed by atoms with van der Waals surface area (Å²) in [6.07, 6.45) is 20.5. The Morgan fingerprint density at radius 1 is 0.700 bits per heavy atom.